The second kappa shape index (κ2) is 12.4. The molecule has 5 nitrogen and oxygen atoms in total. The molecule has 8 heteroatoms. The second-order valence-corrected chi connectivity index (χ2v) is 7.90. The van der Waals surface area contributed by atoms with Crippen LogP contribution in [0.15, 0.2) is 54.6 Å². The summed E-state index contributed by atoms with van der Waals surface area (Å²) in [6.07, 6.45) is 0. The zero-order valence-electron chi connectivity index (χ0n) is 17.6. The largest absolute Gasteiger partial charge is 0.332 e. The zero-order valence-corrected chi connectivity index (χ0v) is 19.2. The molecule has 2 aliphatic rings. The number of piperazine rings is 2. The van der Waals surface area contributed by atoms with E-state index in [9.17, 15) is 9.18 Å². The van der Waals surface area contributed by atoms with E-state index in [2.05, 4.69) is 39.4 Å². The molecule has 0 saturated carbocycles. The average molecular weight is 469 g/mol. The molecule has 0 aliphatic carbocycles. The molecular formula is C23H31Cl2FN4O. The Kier molecular flexibility index (Phi) is 10.2. The van der Waals surface area contributed by atoms with Crippen LogP contribution in [0.2, 0.25) is 0 Å². The van der Waals surface area contributed by atoms with Gasteiger partial charge in [-0.05, 0) is 23.3 Å². The Hall–Kier alpha value is -1.70. The van der Waals surface area contributed by atoms with Gasteiger partial charge in [0, 0.05) is 52.4 Å². The molecule has 0 bridgehead atoms. The molecule has 2 heterocycles. The maximum atomic E-state index is 13.7. The third-order valence-electron chi connectivity index (χ3n) is 5.87. The summed E-state index contributed by atoms with van der Waals surface area (Å²) in [6.45, 7) is 7.24. The minimum atomic E-state index is -0.255. The number of rotatable bonds is 5. The molecule has 2 fully saturated rings. The Morgan fingerprint density at radius 1 is 0.935 bits per heavy atom. The van der Waals surface area contributed by atoms with Gasteiger partial charge in [0.2, 0.25) is 5.91 Å². The molecule has 1 N–H and O–H groups in total. The van der Waals surface area contributed by atoms with E-state index < -0.39 is 0 Å². The Morgan fingerprint density at radius 3 is 2.35 bits per heavy atom. The van der Waals surface area contributed by atoms with Crippen LogP contribution < -0.4 is 5.32 Å². The number of benzene rings is 2. The first-order chi connectivity index (χ1) is 14.2. The molecule has 2 saturated heterocycles. The van der Waals surface area contributed by atoms with Crippen LogP contribution in [0.25, 0.3) is 0 Å². The van der Waals surface area contributed by atoms with E-state index >= 15 is 0 Å². The first kappa shape index (κ1) is 25.6. The number of hydrogen-bond acceptors (Lipinski definition) is 4. The molecule has 1 amide bonds. The van der Waals surface area contributed by atoms with Crippen molar-refractivity contribution in [1.29, 1.82) is 0 Å². The molecular weight excluding hydrogens is 438 g/mol. The van der Waals surface area contributed by atoms with Crippen LogP contribution in [0, 0.1) is 5.82 Å². The quantitative estimate of drug-likeness (QED) is 0.731. The van der Waals surface area contributed by atoms with Gasteiger partial charge in [-0.15, -0.1) is 24.8 Å². The first-order valence-electron chi connectivity index (χ1n) is 10.4. The van der Waals surface area contributed by atoms with Gasteiger partial charge in [0.1, 0.15) is 5.82 Å². The summed E-state index contributed by atoms with van der Waals surface area (Å²) in [4.78, 5) is 19.7. The van der Waals surface area contributed by atoms with Crippen molar-refractivity contribution >= 4 is 30.7 Å². The van der Waals surface area contributed by atoms with Crippen LogP contribution in [-0.2, 0) is 11.3 Å². The summed E-state index contributed by atoms with van der Waals surface area (Å²) >= 11 is 0. The predicted octanol–water partition coefficient (Wildman–Crippen LogP) is 2.96. The zero-order chi connectivity index (χ0) is 20.1. The van der Waals surface area contributed by atoms with Crippen LogP contribution in [0.3, 0.4) is 0 Å². The smallest absolute Gasteiger partial charge is 0.237 e. The Labute approximate surface area is 196 Å². The van der Waals surface area contributed by atoms with Crippen LogP contribution in [-0.4, -0.2) is 73.0 Å². The summed E-state index contributed by atoms with van der Waals surface area (Å²) in [6, 6.07) is 17.0. The van der Waals surface area contributed by atoms with Crippen molar-refractivity contribution in [3.8, 4) is 0 Å². The first-order valence-corrected chi connectivity index (χ1v) is 10.4. The molecule has 2 aromatic rings. The summed E-state index contributed by atoms with van der Waals surface area (Å²) in [5.41, 5.74) is 2.19. The van der Waals surface area contributed by atoms with E-state index in [-0.39, 0.29) is 42.6 Å². The highest BCUT2D eigenvalue weighted by Crippen LogP contribution is 2.23. The van der Waals surface area contributed by atoms with Gasteiger partial charge in [-0.25, -0.2) is 4.39 Å². The highest BCUT2D eigenvalue weighted by Gasteiger charge is 2.29. The molecule has 0 aromatic heterocycles. The maximum Gasteiger partial charge on any atom is 0.237 e. The van der Waals surface area contributed by atoms with E-state index in [1.165, 1.54) is 11.6 Å². The van der Waals surface area contributed by atoms with E-state index in [1.807, 2.05) is 17.0 Å². The van der Waals surface area contributed by atoms with Gasteiger partial charge in [0.05, 0.1) is 12.6 Å². The average Bonchev–Trinajstić information content (AvgIpc) is 2.76. The molecule has 170 valence electrons. The standard InChI is InChI=1S/C23H29FN4O.2ClH/c24-21-8-4-7-20(15-21)22-16-25-9-10-28(22)23(29)18-27-13-11-26(12-14-27)17-19-5-2-1-3-6-19;;/h1-8,15,22,25H,9-14,16-18H2;2*1H. The van der Waals surface area contributed by atoms with Crippen molar-refractivity contribution in [2.75, 3.05) is 52.4 Å². The summed E-state index contributed by atoms with van der Waals surface area (Å²) < 4.78 is 13.7. The minimum absolute atomic E-state index is 0. The molecule has 1 atom stereocenters. The third-order valence-corrected chi connectivity index (χ3v) is 5.87. The van der Waals surface area contributed by atoms with Crippen molar-refractivity contribution in [2.45, 2.75) is 12.6 Å². The van der Waals surface area contributed by atoms with Crippen LogP contribution in [0.5, 0.6) is 0 Å². The highest BCUT2D eigenvalue weighted by molar-refractivity contribution is 5.85. The molecule has 0 spiro atoms. The van der Waals surface area contributed by atoms with Crippen molar-refractivity contribution in [3.63, 3.8) is 0 Å². The summed E-state index contributed by atoms with van der Waals surface area (Å²) in [5.74, 6) is -0.118. The van der Waals surface area contributed by atoms with Crippen molar-refractivity contribution in [3.05, 3.63) is 71.5 Å². The van der Waals surface area contributed by atoms with Crippen LogP contribution in [0.1, 0.15) is 17.2 Å². The molecule has 31 heavy (non-hydrogen) atoms. The van der Waals surface area contributed by atoms with Gasteiger partial charge in [-0.1, -0.05) is 42.5 Å². The fourth-order valence-electron chi connectivity index (χ4n) is 4.24. The van der Waals surface area contributed by atoms with Gasteiger partial charge in [0.25, 0.3) is 0 Å². The van der Waals surface area contributed by atoms with Crippen LogP contribution >= 0.6 is 24.8 Å². The fourth-order valence-corrected chi connectivity index (χ4v) is 4.24. The normalized spacial score (nSPS) is 19.9. The maximum absolute atomic E-state index is 13.7. The van der Waals surface area contributed by atoms with E-state index in [0.717, 1.165) is 44.8 Å². The molecule has 0 radical (unpaired) electrons. The number of nitrogens with zero attached hydrogens (tertiary/aromatic N) is 3. The number of amides is 1. The van der Waals surface area contributed by atoms with Gasteiger partial charge < -0.3 is 10.2 Å². The lowest BCUT2D eigenvalue weighted by Crippen LogP contribution is -2.54. The molecule has 2 aromatic carbocycles. The molecule has 2 aliphatic heterocycles. The second-order valence-electron chi connectivity index (χ2n) is 7.90. The van der Waals surface area contributed by atoms with Crippen molar-refractivity contribution in [2.24, 2.45) is 0 Å². The molecule has 4 rings (SSSR count). The monoisotopic (exact) mass is 468 g/mol. The fraction of sp³-hybridized carbons (Fsp3) is 0.435. The highest BCUT2D eigenvalue weighted by atomic mass is 35.5. The topological polar surface area (TPSA) is 38.8 Å². The number of carbonyl (C=O) groups is 1. The lowest BCUT2D eigenvalue weighted by atomic mass is 10.0. The predicted molar refractivity (Wildman–Crippen MR) is 126 cm³/mol. The van der Waals surface area contributed by atoms with Gasteiger partial charge in [0.15, 0.2) is 0 Å². The summed E-state index contributed by atoms with van der Waals surface area (Å²) in [7, 11) is 0. The van der Waals surface area contributed by atoms with Crippen molar-refractivity contribution < 1.29 is 9.18 Å². The SMILES string of the molecule is Cl.Cl.O=C(CN1CCN(Cc2ccccc2)CC1)N1CCNCC1c1cccc(F)c1. The van der Waals surface area contributed by atoms with Crippen molar-refractivity contribution in [1.82, 2.24) is 20.0 Å². The number of nitrogens with one attached hydrogen (secondary N) is 1. The van der Waals surface area contributed by atoms with E-state index in [1.54, 1.807) is 12.1 Å². The lowest BCUT2D eigenvalue weighted by Gasteiger charge is -2.39. The van der Waals surface area contributed by atoms with Gasteiger partial charge in [-0.3, -0.25) is 14.6 Å². The number of hydrogen-bond donors (Lipinski definition) is 1. The minimum Gasteiger partial charge on any atom is -0.332 e. The van der Waals surface area contributed by atoms with Crippen LogP contribution in [0.4, 0.5) is 4.39 Å². The molecule has 1 unspecified atom stereocenters. The summed E-state index contributed by atoms with van der Waals surface area (Å²) in [5, 5.41) is 3.33. The van der Waals surface area contributed by atoms with E-state index in [4.69, 9.17) is 0 Å². The number of carbonyl (C=O) groups excluding carboxylic acids is 1. The van der Waals surface area contributed by atoms with Gasteiger partial charge in [-0.2, -0.15) is 0 Å². The lowest BCUT2D eigenvalue weighted by molar-refractivity contribution is -0.136. The Morgan fingerprint density at radius 2 is 1.65 bits per heavy atom. The Balaban J connectivity index is 0.00000171. The van der Waals surface area contributed by atoms with Gasteiger partial charge >= 0.3 is 0 Å². The van der Waals surface area contributed by atoms with E-state index in [0.29, 0.717) is 19.6 Å². The Bertz CT molecular complexity index is 818. The third kappa shape index (κ3) is 6.89. The number of halogens is 3.